The Balaban J connectivity index is 1.97. The van der Waals surface area contributed by atoms with E-state index >= 15 is 0 Å². The van der Waals surface area contributed by atoms with Crippen LogP contribution in [0.5, 0.6) is 5.75 Å². The van der Waals surface area contributed by atoms with Crippen molar-refractivity contribution in [2.24, 2.45) is 0 Å². The van der Waals surface area contributed by atoms with E-state index in [0.29, 0.717) is 12.2 Å². The zero-order valence-electron chi connectivity index (χ0n) is 15.6. The van der Waals surface area contributed by atoms with Crippen LogP contribution in [0.3, 0.4) is 0 Å². The average Bonchev–Trinajstić information content (AvgIpc) is 2.68. The second kappa shape index (κ2) is 8.81. The molecule has 0 spiro atoms. The highest BCUT2D eigenvalue weighted by Crippen LogP contribution is 2.34. The number of aryl methyl sites for hydroxylation is 2. The minimum Gasteiger partial charge on any atom is -0.434 e. The van der Waals surface area contributed by atoms with Crippen LogP contribution in [0.4, 0.5) is 8.78 Å². The van der Waals surface area contributed by atoms with E-state index in [4.69, 9.17) is 4.74 Å². The fraction of sp³-hybridized carbons (Fsp3) is 0.250. The first kappa shape index (κ1) is 19.1. The number of benzene rings is 3. The Kier molecular flexibility index (Phi) is 6.23. The fourth-order valence-electron chi connectivity index (χ4n) is 3.35. The molecule has 0 aliphatic heterocycles. The summed E-state index contributed by atoms with van der Waals surface area (Å²) < 4.78 is 30.7. The fourth-order valence-corrected chi connectivity index (χ4v) is 3.35. The molecule has 0 radical (unpaired) electrons. The third kappa shape index (κ3) is 4.54. The van der Waals surface area contributed by atoms with E-state index in [2.05, 4.69) is 30.8 Å². The molecule has 27 heavy (non-hydrogen) atoms. The van der Waals surface area contributed by atoms with Crippen LogP contribution >= 0.6 is 0 Å². The summed E-state index contributed by atoms with van der Waals surface area (Å²) in [6, 6.07) is 18.2. The van der Waals surface area contributed by atoms with Crippen LogP contribution in [0.2, 0.25) is 0 Å². The summed E-state index contributed by atoms with van der Waals surface area (Å²) in [6.07, 6.45) is 5.45. The van der Waals surface area contributed by atoms with Crippen LogP contribution in [0.1, 0.15) is 30.9 Å². The third-order valence-corrected chi connectivity index (χ3v) is 4.70. The Morgan fingerprint density at radius 3 is 2.37 bits per heavy atom. The van der Waals surface area contributed by atoms with Gasteiger partial charge < -0.3 is 4.74 Å². The van der Waals surface area contributed by atoms with Gasteiger partial charge in [-0.3, -0.25) is 0 Å². The number of alkyl halides is 2. The molecule has 0 unspecified atom stereocenters. The van der Waals surface area contributed by atoms with Gasteiger partial charge in [-0.1, -0.05) is 68.0 Å². The lowest BCUT2D eigenvalue weighted by molar-refractivity contribution is -0.0493. The van der Waals surface area contributed by atoms with Gasteiger partial charge in [-0.2, -0.15) is 8.78 Å². The smallest absolute Gasteiger partial charge is 0.387 e. The Bertz CT molecular complexity index is 914. The third-order valence-electron chi connectivity index (χ3n) is 4.70. The van der Waals surface area contributed by atoms with Crippen molar-refractivity contribution in [1.82, 2.24) is 0 Å². The molecule has 0 fully saturated rings. The highest BCUT2D eigenvalue weighted by atomic mass is 19.3. The largest absolute Gasteiger partial charge is 0.434 e. The van der Waals surface area contributed by atoms with E-state index in [-0.39, 0.29) is 0 Å². The van der Waals surface area contributed by atoms with E-state index in [1.165, 1.54) is 5.56 Å². The minimum absolute atomic E-state index is 0.302. The monoisotopic (exact) mass is 366 g/mol. The molecule has 0 aromatic heterocycles. The highest BCUT2D eigenvalue weighted by Gasteiger charge is 2.14. The zero-order valence-corrected chi connectivity index (χ0v) is 15.6. The number of hydrogen-bond acceptors (Lipinski definition) is 1. The zero-order chi connectivity index (χ0) is 19.2. The van der Waals surface area contributed by atoms with Gasteiger partial charge in [0.1, 0.15) is 5.75 Å². The molecule has 0 heterocycles. The van der Waals surface area contributed by atoms with Gasteiger partial charge in [-0.05, 0) is 53.0 Å². The van der Waals surface area contributed by atoms with Crippen molar-refractivity contribution < 1.29 is 13.5 Å². The maximum atomic E-state index is 12.9. The first-order chi connectivity index (χ1) is 13.1. The normalized spacial score (nSPS) is 11.1. The predicted octanol–water partition coefficient (Wildman–Crippen LogP) is 7.18. The van der Waals surface area contributed by atoms with Crippen molar-refractivity contribution in [1.29, 1.82) is 0 Å². The molecule has 0 atom stereocenters. The molecular weight excluding hydrogens is 342 g/mol. The van der Waals surface area contributed by atoms with Crippen LogP contribution in [-0.2, 0) is 12.8 Å². The summed E-state index contributed by atoms with van der Waals surface area (Å²) in [5.74, 6) is 0.302. The van der Waals surface area contributed by atoms with Gasteiger partial charge in [-0.25, -0.2) is 0 Å². The molecule has 3 rings (SSSR count). The standard InChI is InChI=1S/C24H24F2O/c1-3-5-7-17-8-10-18(11-9-17)20-14-15-22-21(16-20)13-12-19(6-4-2)23(22)27-24(25)26/h3,8-16,24H,1,4-7H2,2H3. The second-order valence-electron chi connectivity index (χ2n) is 6.64. The molecule has 3 heteroatoms. The summed E-state index contributed by atoms with van der Waals surface area (Å²) in [4.78, 5) is 0. The summed E-state index contributed by atoms with van der Waals surface area (Å²) in [7, 11) is 0. The predicted molar refractivity (Wildman–Crippen MR) is 109 cm³/mol. The molecular formula is C24H24F2O. The van der Waals surface area contributed by atoms with E-state index < -0.39 is 6.61 Å². The van der Waals surface area contributed by atoms with Gasteiger partial charge in [-0.15, -0.1) is 6.58 Å². The Morgan fingerprint density at radius 1 is 0.963 bits per heavy atom. The first-order valence-electron chi connectivity index (χ1n) is 9.33. The van der Waals surface area contributed by atoms with Gasteiger partial charge in [0.25, 0.3) is 0 Å². The Hall–Kier alpha value is -2.68. The van der Waals surface area contributed by atoms with Crippen molar-refractivity contribution in [3.63, 3.8) is 0 Å². The molecule has 140 valence electrons. The molecule has 0 saturated heterocycles. The maximum Gasteiger partial charge on any atom is 0.387 e. The second-order valence-corrected chi connectivity index (χ2v) is 6.64. The van der Waals surface area contributed by atoms with E-state index in [0.717, 1.165) is 46.7 Å². The van der Waals surface area contributed by atoms with Gasteiger partial charge in [0, 0.05) is 5.39 Å². The summed E-state index contributed by atoms with van der Waals surface area (Å²) in [6.45, 7) is 2.96. The first-order valence-corrected chi connectivity index (χ1v) is 9.33. The van der Waals surface area contributed by atoms with Gasteiger partial charge in [0.05, 0.1) is 0 Å². The van der Waals surface area contributed by atoms with Crippen molar-refractivity contribution >= 4 is 10.8 Å². The number of rotatable bonds is 8. The van der Waals surface area contributed by atoms with Crippen molar-refractivity contribution in [3.05, 3.63) is 78.4 Å². The molecule has 0 bridgehead atoms. The van der Waals surface area contributed by atoms with Gasteiger partial charge >= 0.3 is 6.61 Å². The molecule has 0 aliphatic carbocycles. The topological polar surface area (TPSA) is 9.23 Å². The van der Waals surface area contributed by atoms with Crippen LogP contribution in [-0.4, -0.2) is 6.61 Å². The lowest BCUT2D eigenvalue weighted by Gasteiger charge is -2.14. The summed E-state index contributed by atoms with van der Waals surface area (Å²) >= 11 is 0. The van der Waals surface area contributed by atoms with Gasteiger partial charge in [0.15, 0.2) is 0 Å². The molecule has 0 N–H and O–H groups in total. The van der Waals surface area contributed by atoms with Crippen molar-refractivity contribution in [2.75, 3.05) is 0 Å². The van der Waals surface area contributed by atoms with E-state index in [9.17, 15) is 8.78 Å². The molecule has 3 aromatic carbocycles. The number of hydrogen-bond donors (Lipinski definition) is 0. The molecule has 3 aromatic rings. The number of ether oxygens (including phenoxy) is 1. The van der Waals surface area contributed by atoms with Crippen molar-refractivity contribution in [3.8, 4) is 16.9 Å². The number of allylic oxidation sites excluding steroid dienone is 1. The summed E-state index contributed by atoms with van der Waals surface area (Å²) in [5.41, 5.74) is 4.26. The maximum absolute atomic E-state index is 12.9. The van der Waals surface area contributed by atoms with Crippen molar-refractivity contribution in [2.45, 2.75) is 39.2 Å². The SMILES string of the molecule is C=CCCc1ccc(-c2ccc3c(OC(F)F)c(CCC)ccc3c2)cc1. The van der Waals surface area contributed by atoms with Crippen LogP contribution in [0.15, 0.2) is 67.3 Å². The van der Waals surface area contributed by atoms with E-state index in [1.54, 1.807) is 0 Å². The lowest BCUT2D eigenvalue weighted by atomic mass is 9.97. The summed E-state index contributed by atoms with van der Waals surface area (Å²) in [5, 5.41) is 1.63. The van der Waals surface area contributed by atoms with Crippen LogP contribution in [0, 0.1) is 0 Å². The highest BCUT2D eigenvalue weighted by molar-refractivity contribution is 5.93. The molecule has 0 aliphatic rings. The molecule has 0 amide bonds. The van der Waals surface area contributed by atoms with Gasteiger partial charge in [0.2, 0.25) is 0 Å². The minimum atomic E-state index is -2.83. The quantitative estimate of drug-likeness (QED) is 0.384. The van der Waals surface area contributed by atoms with Crippen LogP contribution in [0.25, 0.3) is 21.9 Å². The Labute approximate surface area is 159 Å². The number of halogens is 2. The molecule has 1 nitrogen and oxygen atoms in total. The molecule has 0 saturated carbocycles. The number of fused-ring (bicyclic) bond motifs is 1. The average molecular weight is 366 g/mol. The van der Waals surface area contributed by atoms with E-state index in [1.807, 2.05) is 43.3 Å². The van der Waals surface area contributed by atoms with Crippen LogP contribution < -0.4 is 4.74 Å². The lowest BCUT2D eigenvalue weighted by Crippen LogP contribution is -2.05. The Morgan fingerprint density at radius 2 is 1.70 bits per heavy atom.